The maximum atomic E-state index is 11.3. The van der Waals surface area contributed by atoms with Crippen LogP contribution in [0.4, 0.5) is 0 Å². The van der Waals surface area contributed by atoms with Crippen molar-refractivity contribution in [2.75, 3.05) is 7.05 Å². The Kier molecular flexibility index (Phi) is 3.96. The third-order valence-electron chi connectivity index (χ3n) is 2.26. The van der Waals surface area contributed by atoms with Crippen LogP contribution in [-0.2, 0) is 4.79 Å². The monoisotopic (exact) mass is 211 g/mol. The van der Waals surface area contributed by atoms with Crippen LogP contribution in [0.5, 0.6) is 0 Å². The van der Waals surface area contributed by atoms with E-state index < -0.39 is 5.38 Å². The molecule has 76 valence electrons. The van der Waals surface area contributed by atoms with E-state index in [-0.39, 0.29) is 11.8 Å². The molecular weight excluding hydrogens is 198 g/mol. The Morgan fingerprint density at radius 1 is 1.36 bits per heavy atom. The van der Waals surface area contributed by atoms with Gasteiger partial charge in [0.05, 0.1) is 0 Å². The van der Waals surface area contributed by atoms with Crippen molar-refractivity contribution in [1.29, 1.82) is 0 Å². The van der Waals surface area contributed by atoms with Gasteiger partial charge < -0.3 is 5.32 Å². The molecule has 14 heavy (non-hydrogen) atoms. The molecule has 2 nitrogen and oxygen atoms in total. The molecule has 1 aromatic rings. The van der Waals surface area contributed by atoms with E-state index in [9.17, 15) is 4.79 Å². The molecule has 0 aliphatic carbocycles. The molecule has 0 spiro atoms. The molecule has 0 heterocycles. The molecule has 3 heteroatoms. The number of hydrogen-bond acceptors (Lipinski definition) is 1. The zero-order valence-corrected chi connectivity index (χ0v) is 9.08. The van der Waals surface area contributed by atoms with Gasteiger partial charge in [-0.05, 0) is 5.56 Å². The third kappa shape index (κ3) is 2.48. The van der Waals surface area contributed by atoms with Gasteiger partial charge in [-0.1, -0.05) is 37.3 Å². The fraction of sp³-hybridized carbons (Fsp3) is 0.364. The summed E-state index contributed by atoms with van der Waals surface area (Å²) < 4.78 is 0. The zero-order valence-electron chi connectivity index (χ0n) is 8.33. The van der Waals surface area contributed by atoms with Crippen LogP contribution in [0.1, 0.15) is 18.4 Å². The summed E-state index contributed by atoms with van der Waals surface area (Å²) in [6, 6.07) is 9.78. The Balaban J connectivity index is 2.75. The van der Waals surface area contributed by atoms with E-state index in [1.54, 1.807) is 7.05 Å². The first-order valence-electron chi connectivity index (χ1n) is 4.57. The minimum absolute atomic E-state index is 0.0258. The predicted octanol–water partition coefficient (Wildman–Crippen LogP) is 2.14. The molecule has 0 saturated heterocycles. The topological polar surface area (TPSA) is 29.1 Å². The fourth-order valence-corrected chi connectivity index (χ4v) is 1.55. The van der Waals surface area contributed by atoms with Crippen molar-refractivity contribution in [2.45, 2.75) is 18.2 Å². The summed E-state index contributed by atoms with van der Waals surface area (Å²) in [5.41, 5.74) is 1.08. The van der Waals surface area contributed by atoms with Crippen LogP contribution in [0.2, 0.25) is 0 Å². The maximum absolute atomic E-state index is 11.3. The van der Waals surface area contributed by atoms with Gasteiger partial charge >= 0.3 is 0 Å². The maximum Gasteiger partial charge on any atom is 0.238 e. The van der Waals surface area contributed by atoms with Crippen molar-refractivity contribution in [2.24, 2.45) is 0 Å². The van der Waals surface area contributed by atoms with Gasteiger partial charge in [0.25, 0.3) is 0 Å². The van der Waals surface area contributed by atoms with Crippen LogP contribution in [0, 0.1) is 0 Å². The average Bonchev–Trinajstić information content (AvgIpc) is 2.27. The molecule has 1 amide bonds. The first-order chi connectivity index (χ1) is 6.66. The molecule has 0 aromatic heterocycles. The van der Waals surface area contributed by atoms with Crippen molar-refractivity contribution in [3.63, 3.8) is 0 Å². The Bertz CT molecular complexity index is 299. The van der Waals surface area contributed by atoms with E-state index in [0.29, 0.717) is 0 Å². The minimum atomic E-state index is -0.512. The first kappa shape index (κ1) is 11.1. The normalized spacial score (nSPS) is 14.5. The van der Waals surface area contributed by atoms with E-state index in [2.05, 4.69) is 5.32 Å². The number of benzene rings is 1. The van der Waals surface area contributed by atoms with Crippen LogP contribution in [0.25, 0.3) is 0 Å². The molecule has 0 aliphatic heterocycles. The number of hydrogen-bond donors (Lipinski definition) is 1. The Morgan fingerprint density at radius 3 is 2.43 bits per heavy atom. The summed E-state index contributed by atoms with van der Waals surface area (Å²) in [7, 11) is 1.59. The van der Waals surface area contributed by atoms with E-state index in [4.69, 9.17) is 11.6 Å². The first-order valence-corrected chi connectivity index (χ1v) is 5.01. The second-order valence-corrected chi connectivity index (χ2v) is 3.69. The van der Waals surface area contributed by atoms with Crippen LogP contribution in [0.15, 0.2) is 30.3 Å². The lowest BCUT2D eigenvalue weighted by Crippen LogP contribution is -2.31. The van der Waals surface area contributed by atoms with Gasteiger partial charge in [0, 0.05) is 13.0 Å². The van der Waals surface area contributed by atoms with Crippen molar-refractivity contribution in [3.8, 4) is 0 Å². The summed E-state index contributed by atoms with van der Waals surface area (Å²) in [6.07, 6.45) is 0. The molecule has 2 unspecified atom stereocenters. The molecule has 0 bridgehead atoms. The van der Waals surface area contributed by atoms with E-state index in [1.165, 1.54) is 0 Å². The van der Waals surface area contributed by atoms with Gasteiger partial charge in [-0.25, -0.2) is 0 Å². The van der Waals surface area contributed by atoms with E-state index in [0.717, 1.165) is 5.56 Å². The van der Waals surface area contributed by atoms with Crippen LogP contribution in [-0.4, -0.2) is 18.3 Å². The SMILES string of the molecule is CNC(=O)C(Cl)C(C)c1ccccc1. The summed E-state index contributed by atoms with van der Waals surface area (Å²) in [6.45, 7) is 1.95. The van der Waals surface area contributed by atoms with E-state index in [1.807, 2.05) is 37.3 Å². The molecule has 1 N–H and O–H groups in total. The second kappa shape index (κ2) is 5.01. The largest absolute Gasteiger partial charge is 0.358 e. The van der Waals surface area contributed by atoms with Crippen LogP contribution >= 0.6 is 11.6 Å². The quantitative estimate of drug-likeness (QED) is 0.763. The lowest BCUT2D eigenvalue weighted by Gasteiger charge is -2.16. The van der Waals surface area contributed by atoms with Crippen molar-refractivity contribution in [3.05, 3.63) is 35.9 Å². The highest BCUT2D eigenvalue weighted by Gasteiger charge is 2.22. The van der Waals surface area contributed by atoms with Gasteiger partial charge in [-0.2, -0.15) is 0 Å². The number of nitrogens with one attached hydrogen (secondary N) is 1. The lowest BCUT2D eigenvalue weighted by molar-refractivity contribution is -0.120. The fourth-order valence-electron chi connectivity index (χ4n) is 1.29. The molecule has 0 saturated carbocycles. The Labute approximate surface area is 89.3 Å². The summed E-state index contributed by atoms with van der Waals surface area (Å²) >= 11 is 6.00. The summed E-state index contributed by atoms with van der Waals surface area (Å²) in [4.78, 5) is 11.3. The predicted molar refractivity (Wildman–Crippen MR) is 58.6 cm³/mol. The number of rotatable bonds is 3. The van der Waals surface area contributed by atoms with Gasteiger partial charge in [0.2, 0.25) is 5.91 Å². The number of carbonyl (C=O) groups excluding carboxylic acids is 1. The van der Waals surface area contributed by atoms with Crippen LogP contribution in [0.3, 0.4) is 0 Å². The number of alkyl halides is 1. The van der Waals surface area contributed by atoms with Crippen LogP contribution < -0.4 is 5.32 Å². The molecular formula is C11H14ClNO. The molecule has 1 rings (SSSR count). The summed E-state index contributed by atoms with van der Waals surface area (Å²) in [5, 5.41) is 2.03. The number of carbonyl (C=O) groups is 1. The molecule has 0 radical (unpaired) electrons. The van der Waals surface area contributed by atoms with Crippen molar-refractivity contribution >= 4 is 17.5 Å². The van der Waals surface area contributed by atoms with Crippen molar-refractivity contribution < 1.29 is 4.79 Å². The molecule has 1 aromatic carbocycles. The standard InChI is InChI=1S/C11H14ClNO/c1-8(10(12)11(14)13-2)9-6-4-3-5-7-9/h3-8,10H,1-2H3,(H,13,14). The van der Waals surface area contributed by atoms with Gasteiger partial charge in [0.15, 0.2) is 0 Å². The number of amides is 1. The van der Waals surface area contributed by atoms with Gasteiger partial charge in [-0.3, -0.25) is 4.79 Å². The highest BCUT2D eigenvalue weighted by molar-refractivity contribution is 6.31. The smallest absolute Gasteiger partial charge is 0.238 e. The third-order valence-corrected chi connectivity index (χ3v) is 2.84. The second-order valence-electron chi connectivity index (χ2n) is 3.22. The van der Waals surface area contributed by atoms with Crippen molar-refractivity contribution in [1.82, 2.24) is 5.32 Å². The minimum Gasteiger partial charge on any atom is -0.358 e. The van der Waals surface area contributed by atoms with E-state index >= 15 is 0 Å². The molecule has 0 fully saturated rings. The summed E-state index contributed by atoms with van der Waals surface area (Å²) in [5.74, 6) is -0.110. The lowest BCUT2D eigenvalue weighted by atomic mass is 9.97. The molecule has 2 atom stereocenters. The molecule has 0 aliphatic rings. The van der Waals surface area contributed by atoms with Gasteiger partial charge in [-0.15, -0.1) is 11.6 Å². The zero-order chi connectivity index (χ0) is 10.6. The number of halogens is 1. The highest BCUT2D eigenvalue weighted by atomic mass is 35.5. The average molecular weight is 212 g/mol. The Hall–Kier alpha value is -1.02. The Morgan fingerprint density at radius 2 is 1.93 bits per heavy atom. The van der Waals surface area contributed by atoms with Gasteiger partial charge in [0.1, 0.15) is 5.38 Å². The highest BCUT2D eigenvalue weighted by Crippen LogP contribution is 2.22.